The van der Waals surface area contributed by atoms with Gasteiger partial charge in [-0.05, 0) is 54.0 Å². The Morgan fingerprint density at radius 3 is 2.02 bits per heavy atom. The summed E-state index contributed by atoms with van der Waals surface area (Å²) in [6, 6.07) is 15.9. The smallest absolute Gasteiger partial charge is 0.335 e. The van der Waals surface area contributed by atoms with Gasteiger partial charge in [0.05, 0.1) is 17.2 Å². The number of alkyl halides is 6. The molecule has 3 aromatic rings. The molecule has 0 unspecified atom stereocenters. The lowest BCUT2D eigenvalue weighted by atomic mass is 9.99. The lowest BCUT2D eigenvalue weighted by Gasteiger charge is -2.41. The molecule has 4 rings (SSSR count). The van der Waals surface area contributed by atoms with Crippen molar-refractivity contribution in [3.63, 3.8) is 0 Å². The summed E-state index contributed by atoms with van der Waals surface area (Å²) in [6.07, 6.45) is -6.96. The van der Waals surface area contributed by atoms with Crippen molar-refractivity contribution in [2.45, 2.75) is 24.8 Å². The van der Waals surface area contributed by atoms with Gasteiger partial charge in [0.25, 0.3) is 5.91 Å². The Morgan fingerprint density at radius 1 is 0.850 bits per heavy atom. The molecule has 1 heterocycles. The Bertz CT molecular complexity index is 1360. The Morgan fingerprint density at radius 2 is 1.45 bits per heavy atom. The fourth-order valence-corrected chi connectivity index (χ4v) is 4.60. The molecule has 1 aliphatic heterocycles. The van der Waals surface area contributed by atoms with Gasteiger partial charge in [-0.25, -0.2) is 0 Å². The molecule has 40 heavy (non-hydrogen) atoms. The van der Waals surface area contributed by atoms with Gasteiger partial charge in [0.2, 0.25) is 5.91 Å². The van der Waals surface area contributed by atoms with E-state index < -0.39 is 41.0 Å². The average molecular weight is 581 g/mol. The first-order valence-electron chi connectivity index (χ1n) is 12.2. The van der Waals surface area contributed by atoms with Crippen molar-refractivity contribution >= 4 is 29.5 Å². The van der Waals surface area contributed by atoms with E-state index in [-0.39, 0.29) is 38.0 Å². The van der Waals surface area contributed by atoms with Crippen LogP contribution in [-0.2, 0) is 23.6 Å². The highest BCUT2D eigenvalue weighted by Crippen LogP contribution is 2.37. The van der Waals surface area contributed by atoms with Crippen molar-refractivity contribution in [1.29, 1.82) is 0 Å². The van der Waals surface area contributed by atoms with E-state index in [1.54, 1.807) is 60.7 Å². The summed E-state index contributed by atoms with van der Waals surface area (Å²) in [5.41, 5.74) is -2.32. The van der Waals surface area contributed by atoms with Gasteiger partial charge in [0.1, 0.15) is 0 Å². The maximum absolute atomic E-state index is 13.4. The van der Waals surface area contributed by atoms with Crippen molar-refractivity contribution in [2.75, 3.05) is 19.6 Å². The molecule has 0 radical (unpaired) electrons. The number of carbonyl (C=O) groups is 2. The first-order valence-corrected chi connectivity index (χ1v) is 12.6. The van der Waals surface area contributed by atoms with E-state index >= 15 is 0 Å². The molecule has 210 valence electrons. The zero-order valence-electron chi connectivity index (χ0n) is 20.8. The summed E-state index contributed by atoms with van der Waals surface area (Å²) < 4.78 is 80.5. The van der Waals surface area contributed by atoms with Gasteiger partial charge in [-0.3, -0.25) is 9.59 Å². The van der Waals surface area contributed by atoms with Crippen molar-refractivity contribution in [3.8, 4) is 0 Å². The summed E-state index contributed by atoms with van der Waals surface area (Å²) in [5.74, 6) is -1.32. The highest BCUT2D eigenvalue weighted by Gasteiger charge is 2.39. The molecular formula is C29H23ClF6N2O2. The molecule has 1 atom stereocenters. The fourth-order valence-electron chi connectivity index (χ4n) is 4.47. The quantitative estimate of drug-likeness (QED) is 0.241. The summed E-state index contributed by atoms with van der Waals surface area (Å²) in [4.78, 5) is 29.1. The van der Waals surface area contributed by atoms with E-state index in [0.717, 1.165) is 11.1 Å². The van der Waals surface area contributed by atoms with Crippen LogP contribution in [0.15, 0.2) is 78.9 Å². The molecule has 1 saturated heterocycles. The second kappa shape index (κ2) is 11.8. The third kappa shape index (κ3) is 7.24. The lowest BCUT2D eigenvalue weighted by molar-refractivity contribution is -0.143. The Kier molecular flexibility index (Phi) is 8.58. The zero-order chi connectivity index (χ0) is 29.1. The average Bonchev–Trinajstić information content (AvgIpc) is 2.91. The van der Waals surface area contributed by atoms with Crippen LogP contribution in [0, 0.1) is 0 Å². The molecule has 11 heteroatoms. The molecule has 0 bridgehead atoms. The van der Waals surface area contributed by atoms with Gasteiger partial charge in [-0.2, -0.15) is 26.3 Å². The monoisotopic (exact) mass is 580 g/mol. The van der Waals surface area contributed by atoms with E-state index in [1.165, 1.54) is 15.9 Å². The van der Waals surface area contributed by atoms with Crippen molar-refractivity contribution < 1.29 is 35.9 Å². The largest absolute Gasteiger partial charge is 0.416 e. The summed E-state index contributed by atoms with van der Waals surface area (Å²) in [7, 11) is 0. The van der Waals surface area contributed by atoms with Crippen molar-refractivity contribution in [3.05, 3.63) is 112 Å². The van der Waals surface area contributed by atoms with Gasteiger partial charge < -0.3 is 9.80 Å². The maximum atomic E-state index is 13.4. The summed E-state index contributed by atoms with van der Waals surface area (Å²) in [6.45, 7) is 0.00980. The van der Waals surface area contributed by atoms with E-state index in [0.29, 0.717) is 17.2 Å². The summed E-state index contributed by atoms with van der Waals surface area (Å²) >= 11 is 5.88. The predicted octanol–water partition coefficient (Wildman–Crippen LogP) is 6.99. The van der Waals surface area contributed by atoms with Crippen LogP contribution in [0.4, 0.5) is 26.3 Å². The normalized spacial score (nSPS) is 16.4. The third-order valence-electron chi connectivity index (χ3n) is 6.49. The highest BCUT2D eigenvalue weighted by molar-refractivity contribution is 6.30. The molecule has 1 fully saturated rings. The number of hydrogen-bond acceptors (Lipinski definition) is 2. The molecule has 0 aliphatic carbocycles. The van der Waals surface area contributed by atoms with Gasteiger partial charge in [0, 0.05) is 36.3 Å². The lowest BCUT2D eigenvalue weighted by Crippen LogP contribution is -2.57. The number of benzene rings is 3. The van der Waals surface area contributed by atoms with Crippen LogP contribution in [0.2, 0.25) is 5.02 Å². The topological polar surface area (TPSA) is 40.6 Å². The Hall–Kier alpha value is -3.79. The number of piperazine rings is 1. The van der Waals surface area contributed by atoms with Crippen LogP contribution in [0.1, 0.15) is 32.6 Å². The van der Waals surface area contributed by atoms with E-state index in [9.17, 15) is 35.9 Å². The molecule has 0 saturated carbocycles. The molecule has 2 amide bonds. The van der Waals surface area contributed by atoms with Gasteiger partial charge in [0.15, 0.2) is 0 Å². The molecule has 3 aromatic carbocycles. The second-order valence-corrected chi connectivity index (χ2v) is 9.74. The van der Waals surface area contributed by atoms with Crippen molar-refractivity contribution in [2.24, 2.45) is 0 Å². The zero-order valence-corrected chi connectivity index (χ0v) is 21.6. The third-order valence-corrected chi connectivity index (χ3v) is 6.74. The van der Waals surface area contributed by atoms with E-state index in [2.05, 4.69) is 0 Å². The van der Waals surface area contributed by atoms with Gasteiger partial charge in [-0.1, -0.05) is 54.1 Å². The minimum absolute atomic E-state index is 0.0120. The van der Waals surface area contributed by atoms with E-state index in [1.807, 2.05) is 0 Å². The SMILES string of the molecule is O=C(/C=C/c1ccc(Cl)cc1)N1CCN(C(=O)c2cc(C(F)(F)F)cc(C(F)(F)F)c2)[C@H](Cc2ccccc2)C1. The Balaban J connectivity index is 1.62. The fraction of sp³-hybridized carbons (Fsp3) is 0.241. The number of halogens is 7. The Labute approximate surface area is 231 Å². The predicted molar refractivity (Wildman–Crippen MR) is 138 cm³/mol. The molecular weight excluding hydrogens is 558 g/mol. The van der Waals surface area contributed by atoms with Crippen LogP contribution in [0.25, 0.3) is 6.08 Å². The number of nitrogens with zero attached hydrogens (tertiary/aromatic N) is 2. The van der Waals surface area contributed by atoms with E-state index in [4.69, 9.17) is 11.6 Å². The number of hydrogen-bond donors (Lipinski definition) is 0. The first-order chi connectivity index (χ1) is 18.8. The summed E-state index contributed by atoms with van der Waals surface area (Å²) in [5, 5.41) is 0.538. The molecule has 0 N–H and O–H groups in total. The van der Waals surface area contributed by atoms with Crippen LogP contribution in [0.5, 0.6) is 0 Å². The van der Waals surface area contributed by atoms with Crippen molar-refractivity contribution in [1.82, 2.24) is 9.80 Å². The maximum Gasteiger partial charge on any atom is 0.416 e. The second-order valence-electron chi connectivity index (χ2n) is 9.31. The minimum atomic E-state index is -5.08. The molecule has 4 nitrogen and oxygen atoms in total. The highest BCUT2D eigenvalue weighted by atomic mass is 35.5. The first kappa shape index (κ1) is 29.2. The standard InChI is InChI=1S/C29H23ClF6N2O2/c30-24-9-6-19(7-10-24)8-11-26(39)37-12-13-38(25(18-37)14-20-4-2-1-3-5-20)27(40)21-15-22(28(31,32)33)17-23(16-21)29(34,35)36/h1-11,15-17,25H,12-14,18H2/b11-8+/t25-/m1/s1. The van der Waals surface area contributed by atoms with Crippen LogP contribution in [0.3, 0.4) is 0 Å². The van der Waals surface area contributed by atoms with Crippen LogP contribution in [-0.4, -0.2) is 47.3 Å². The van der Waals surface area contributed by atoms with Crippen LogP contribution < -0.4 is 0 Å². The van der Waals surface area contributed by atoms with Gasteiger partial charge >= 0.3 is 12.4 Å². The number of amides is 2. The number of rotatable bonds is 5. The van der Waals surface area contributed by atoms with Gasteiger partial charge in [-0.15, -0.1) is 0 Å². The number of carbonyl (C=O) groups excluding carboxylic acids is 2. The molecule has 0 aromatic heterocycles. The molecule has 0 spiro atoms. The molecule has 1 aliphatic rings. The minimum Gasteiger partial charge on any atom is -0.335 e. The van der Waals surface area contributed by atoms with Crippen LogP contribution >= 0.6 is 11.6 Å².